The molecule has 4 rings (SSSR count). The van der Waals surface area contributed by atoms with E-state index in [0.717, 1.165) is 52.5 Å². The second-order valence-electron chi connectivity index (χ2n) is 7.83. The first-order valence-corrected chi connectivity index (χ1v) is 10.4. The summed E-state index contributed by atoms with van der Waals surface area (Å²) in [4.78, 5) is 17.7. The molecule has 2 fully saturated rings. The molecule has 0 unspecified atom stereocenters. The van der Waals surface area contributed by atoms with Crippen LogP contribution in [0.25, 0.3) is 0 Å². The average Bonchev–Trinajstić information content (AvgIpc) is 2.77. The van der Waals surface area contributed by atoms with Gasteiger partial charge >= 0.3 is 0 Å². The maximum atomic E-state index is 12.7. The van der Waals surface area contributed by atoms with Crippen LogP contribution in [0.4, 0.5) is 0 Å². The van der Waals surface area contributed by atoms with Gasteiger partial charge in [0.15, 0.2) is 6.54 Å². The van der Waals surface area contributed by atoms with Gasteiger partial charge < -0.3 is 19.4 Å². The van der Waals surface area contributed by atoms with E-state index in [1.807, 2.05) is 0 Å². The van der Waals surface area contributed by atoms with Gasteiger partial charge in [0.25, 0.3) is 5.91 Å². The van der Waals surface area contributed by atoms with Crippen molar-refractivity contribution in [3.8, 4) is 0 Å². The number of hydrogen-bond donors (Lipinski definition) is 2. The number of amides is 1. The Morgan fingerprint density at radius 3 is 1.93 bits per heavy atom. The molecular weight excluding hydrogens is 350 g/mol. The lowest BCUT2D eigenvalue weighted by molar-refractivity contribution is -0.929. The molecule has 0 saturated carbocycles. The van der Waals surface area contributed by atoms with Gasteiger partial charge in [0.1, 0.15) is 19.1 Å². The molecular formula is C23H31N3O2+2. The van der Waals surface area contributed by atoms with Gasteiger partial charge in [0.05, 0.1) is 39.4 Å². The lowest BCUT2D eigenvalue weighted by Crippen LogP contribution is -3.16. The number of nitrogens with zero attached hydrogens (tertiary/aromatic N) is 1. The quantitative estimate of drug-likeness (QED) is 0.727. The highest BCUT2D eigenvalue weighted by atomic mass is 16.5. The van der Waals surface area contributed by atoms with Crippen LogP contribution in [0.1, 0.15) is 17.2 Å². The second kappa shape index (κ2) is 9.32. The molecule has 148 valence electrons. The number of quaternary nitrogens is 2. The minimum absolute atomic E-state index is 0.298. The van der Waals surface area contributed by atoms with Gasteiger partial charge in [-0.3, -0.25) is 4.79 Å². The van der Waals surface area contributed by atoms with E-state index in [1.54, 1.807) is 4.90 Å². The lowest BCUT2D eigenvalue weighted by Gasteiger charge is -2.37. The third kappa shape index (κ3) is 4.61. The van der Waals surface area contributed by atoms with Crippen molar-refractivity contribution in [2.45, 2.75) is 6.04 Å². The summed E-state index contributed by atoms with van der Waals surface area (Å²) >= 11 is 0. The summed E-state index contributed by atoms with van der Waals surface area (Å²) in [7, 11) is 0. The van der Waals surface area contributed by atoms with Crippen LogP contribution in [-0.2, 0) is 9.53 Å². The normalized spacial score (nSPS) is 19.1. The summed E-state index contributed by atoms with van der Waals surface area (Å²) in [5, 5.41) is 0. The molecule has 0 atom stereocenters. The molecule has 2 heterocycles. The molecule has 0 radical (unpaired) electrons. The lowest BCUT2D eigenvalue weighted by atomic mass is 9.96. The van der Waals surface area contributed by atoms with Crippen LogP contribution in [0.3, 0.4) is 0 Å². The zero-order chi connectivity index (χ0) is 19.2. The smallest absolute Gasteiger partial charge is 0.278 e. The molecule has 2 aliphatic rings. The second-order valence-corrected chi connectivity index (χ2v) is 7.83. The largest absolute Gasteiger partial charge is 0.370 e. The number of benzene rings is 2. The Morgan fingerprint density at radius 1 is 0.857 bits per heavy atom. The zero-order valence-corrected chi connectivity index (χ0v) is 16.5. The first-order chi connectivity index (χ1) is 13.8. The Hall–Kier alpha value is -2.21. The number of piperazine rings is 1. The minimum atomic E-state index is 0.298. The van der Waals surface area contributed by atoms with Crippen molar-refractivity contribution in [2.75, 3.05) is 59.0 Å². The molecule has 5 heteroatoms. The van der Waals surface area contributed by atoms with Crippen molar-refractivity contribution in [1.29, 1.82) is 0 Å². The molecule has 2 aromatic rings. The SMILES string of the molecule is O=C(C[NH+]1CCOCC1)N1CC[NH+](C(c2ccccc2)c2ccccc2)CC1. The number of carbonyl (C=O) groups excluding carboxylic acids is 1. The summed E-state index contributed by atoms with van der Waals surface area (Å²) in [6, 6.07) is 21.9. The van der Waals surface area contributed by atoms with Crippen LogP contribution in [0.2, 0.25) is 0 Å². The third-order valence-corrected chi connectivity index (χ3v) is 6.03. The van der Waals surface area contributed by atoms with E-state index < -0.39 is 0 Å². The van der Waals surface area contributed by atoms with Gasteiger partial charge in [-0.05, 0) is 0 Å². The fourth-order valence-electron chi connectivity index (χ4n) is 4.45. The molecule has 0 bridgehead atoms. The van der Waals surface area contributed by atoms with Crippen LogP contribution >= 0.6 is 0 Å². The first kappa shape index (κ1) is 19.1. The zero-order valence-electron chi connectivity index (χ0n) is 16.5. The van der Waals surface area contributed by atoms with E-state index in [9.17, 15) is 4.79 Å². The number of nitrogens with one attached hydrogen (secondary N) is 2. The fraction of sp³-hybridized carbons (Fsp3) is 0.435. The maximum absolute atomic E-state index is 12.7. The molecule has 28 heavy (non-hydrogen) atoms. The van der Waals surface area contributed by atoms with Crippen molar-refractivity contribution < 1.29 is 19.3 Å². The molecule has 1 amide bonds. The van der Waals surface area contributed by atoms with E-state index in [4.69, 9.17) is 4.74 Å². The molecule has 0 spiro atoms. The Kier molecular flexibility index (Phi) is 6.37. The first-order valence-electron chi connectivity index (χ1n) is 10.4. The summed E-state index contributed by atoms with van der Waals surface area (Å²) in [6.07, 6.45) is 0. The van der Waals surface area contributed by atoms with Gasteiger partial charge in [-0.1, -0.05) is 60.7 Å². The molecule has 0 aromatic heterocycles. The van der Waals surface area contributed by atoms with E-state index in [2.05, 4.69) is 65.6 Å². The standard InChI is InChI=1S/C23H29N3O2/c27-22(19-24-15-17-28-18-16-24)25-11-13-26(14-12-25)23(20-7-3-1-4-8-20)21-9-5-2-6-10-21/h1-10,23H,11-19H2/p+2. The van der Waals surface area contributed by atoms with E-state index in [1.165, 1.54) is 16.0 Å². The summed E-state index contributed by atoms with van der Waals surface area (Å²) in [5.41, 5.74) is 2.70. The van der Waals surface area contributed by atoms with Crippen molar-refractivity contribution in [3.05, 3.63) is 71.8 Å². The predicted molar refractivity (Wildman–Crippen MR) is 108 cm³/mol. The van der Waals surface area contributed by atoms with Crippen molar-refractivity contribution in [2.24, 2.45) is 0 Å². The third-order valence-electron chi connectivity index (χ3n) is 6.03. The molecule has 2 aliphatic heterocycles. The fourth-order valence-corrected chi connectivity index (χ4v) is 4.45. The summed E-state index contributed by atoms with van der Waals surface area (Å²) in [5.74, 6) is 0.298. The molecule has 2 aromatic carbocycles. The van der Waals surface area contributed by atoms with Crippen molar-refractivity contribution in [1.82, 2.24) is 4.90 Å². The van der Waals surface area contributed by atoms with Crippen LogP contribution in [0.5, 0.6) is 0 Å². The number of rotatable bonds is 5. The highest BCUT2D eigenvalue weighted by Gasteiger charge is 2.32. The monoisotopic (exact) mass is 381 g/mol. The van der Waals surface area contributed by atoms with Gasteiger partial charge in [-0.25, -0.2) is 0 Å². The van der Waals surface area contributed by atoms with Crippen LogP contribution in [-0.4, -0.2) is 69.8 Å². The van der Waals surface area contributed by atoms with Gasteiger partial charge in [-0.15, -0.1) is 0 Å². The van der Waals surface area contributed by atoms with Crippen LogP contribution in [0.15, 0.2) is 60.7 Å². The van der Waals surface area contributed by atoms with Crippen molar-refractivity contribution >= 4 is 5.91 Å². The highest BCUT2D eigenvalue weighted by Crippen LogP contribution is 2.19. The van der Waals surface area contributed by atoms with Gasteiger partial charge in [0.2, 0.25) is 0 Å². The van der Waals surface area contributed by atoms with Gasteiger partial charge in [-0.2, -0.15) is 0 Å². The summed E-state index contributed by atoms with van der Waals surface area (Å²) < 4.78 is 5.40. The molecule has 0 aliphatic carbocycles. The Morgan fingerprint density at radius 2 is 1.39 bits per heavy atom. The number of carbonyl (C=O) groups is 1. The van der Waals surface area contributed by atoms with Gasteiger partial charge in [0, 0.05) is 11.1 Å². The van der Waals surface area contributed by atoms with Crippen LogP contribution < -0.4 is 9.80 Å². The average molecular weight is 382 g/mol. The minimum Gasteiger partial charge on any atom is -0.370 e. The predicted octanol–water partition coefficient (Wildman–Crippen LogP) is -0.582. The number of morpholine rings is 1. The summed E-state index contributed by atoms with van der Waals surface area (Å²) in [6.45, 7) is 7.70. The number of hydrogen-bond acceptors (Lipinski definition) is 2. The molecule has 5 nitrogen and oxygen atoms in total. The highest BCUT2D eigenvalue weighted by molar-refractivity contribution is 5.77. The Bertz CT molecular complexity index is 699. The van der Waals surface area contributed by atoms with E-state index >= 15 is 0 Å². The number of ether oxygens (including phenoxy) is 1. The maximum Gasteiger partial charge on any atom is 0.278 e. The Balaban J connectivity index is 1.41. The van der Waals surface area contributed by atoms with Crippen LogP contribution in [0, 0.1) is 0 Å². The molecule has 2 saturated heterocycles. The topological polar surface area (TPSA) is 38.4 Å². The van der Waals surface area contributed by atoms with E-state index in [0.29, 0.717) is 18.5 Å². The Labute approximate surface area is 167 Å². The van der Waals surface area contributed by atoms with Crippen molar-refractivity contribution in [3.63, 3.8) is 0 Å². The molecule has 2 N–H and O–H groups in total. The van der Waals surface area contributed by atoms with E-state index in [-0.39, 0.29) is 0 Å².